The maximum absolute atomic E-state index is 12.9. The molecule has 0 bridgehead atoms. The second-order valence-electron chi connectivity index (χ2n) is 10.4. The first-order valence-corrected chi connectivity index (χ1v) is 15.1. The van der Waals surface area contributed by atoms with Crippen molar-refractivity contribution in [3.63, 3.8) is 0 Å². The molecule has 3 N–H and O–H groups in total. The summed E-state index contributed by atoms with van der Waals surface area (Å²) in [6.45, 7) is 5.75. The number of aryl methyl sites for hydroxylation is 1. The predicted molar refractivity (Wildman–Crippen MR) is 149 cm³/mol. The highest BCUT2D eigenvalue weighted by atomic mass is 35.5. The van der Waals surface area contributed by atoms with Gasteiger partial charge in [-0.15, -0.1) is 0 Å². The van der Waals surface area contributed by atoms with E-state index in [-0.39, 0.29) is 33.6 Å². The molecule has 1 aliphatic heterocycles. The molecule has 38 heavy (non-hydrogen) atoms. The van der Waals surface area contributed by atoms with Crippen LogP contribution in [0.25, 0.3) is 0 Å². The van der Waals surface area contributed by atoms with Crippen LogP contribution in [0.2, 0.25) is 5.02 Å². The van der Waals surface area contributed by atoms with Crippen LogP contribution in [0.4, 0.5) is 23.1 Å². The molecular weight excluding hydrogens is 526 g/mol. The normalized spacial score (nSPS) is 16.6. The molecule has 0 atom stereocenters. The first kappa shape index (κ1) is 26.7. The highest BCUT2D eigenvalue weighted by Crippen LogP contribution is 2.38. The Labute approximate surface area is 228 Å². The number of benzene rings is 1. The van der Waals surface area contributed by atoms with Crippen molar-refractivity contribution < 1.29 is 13.2 Å². The summed E-state index contributed by atoms with van der Waals surface area (Å²) in [5.41, 5.74) is 2.35. The molecule has 0 spiro atoms. The molecule has 0 amide bonds. The van der Waals surface area contributed by atoms with Crippen LogP contribution in [-0.2, 0) is 16.9 Å². The number of nitrogens with one attached hydrogen (secondary N) is 3. The minimum Gasteiger partial charge on any atom is -0.488 e. The molecule has 5 rings (SSSR count). The standard InChI is InChI=1S/C26H34ClN7O3S/c1-16(2)15-38(35,36)25-22(14-34(3)33-25)30-24-20(27)13-29-26(32-24)31-21-7-4-18(17-8-10-28-11-9-17)12-23(21)37-19-5-6-19/h4,7,12-14,16-17,19,28H,5-6,8-11,15H2,1-3H3,(H2,29,30,31,32). The molecule has 2 aliphatic rings. The van der Waals surface area contributed by atoms with E-state index < -0.39 is 9.84 Å². The van der Waals surface area contributed by atoms with Gasteiger partial charge in [0, 0.05) is 13.2 Å². The van der Waals surface area contributed by atoms with Gasteiger partial charge in [0.1, 0.15) is 10.8 Å². The molecule has 0 radical (unpaired) electrons. The molecule has 1 saturated heterocycles. The smallest absolute Gasteiger partial charge is 0.229 e. The Morgan fingerprint density at radius 1 is 1.16 bits per heavy atom. The quantitative estimate of drug-likeness (QED) is 0.321. The molecule has 0 unspecified atom stereocenters. The number of rotatable bonds is 10. The van der Waals surface area contributed by atoms with Gasteiger partial charge in [-0.3, -0.25) is 4.68 Å². The van der Waals surface area contributed by atoms with Crippen LogP contribution in [0.5, 0.6) is 5.75 Å². The lowest BCUT2D eigenvalue weighted by Gasteiger charge is -2.24. The Hall–Kier alpha value is -2.89. The molecule has 12 heteroatoms. The van der Waals surface area contributed by atoms with E-state index >= 15 is 0 Å². The van der Waals surface area contributed by atoms with Crippen molar-refractivity contribution in [2.75, 3.05) is 29.5 Å². The van der Waals surface area contributed by atoms with Crippen LogP contribution in [0.15, 0.2) is 35.6 Å². The van der Waals surface area contributed by atoms with Crippen LogP contribution in [0, 0.1) is 5.92 Å². The second kappa shape index (κ2) is 11.1. The summed E-state index contributed by atoms with van der Waals surface area (Å²) < 4.78 is 33.5. The van der Waals surface area contributed by atoms with Crippen LogP contribution in [0.3, 0.4) is 0 Å². The van der Waals surface area contributed by atoms with E-state index in [4.69, 9.17) is 16.3 Å². The lowest BCUT2D eigenvalue weighted by Crippen LogP contribution is -2.26. The van der Waals surface area contributed by atoms with Crippen LogP contribution < -0.4 is 20.7 Å². The van der Waals surface area contributed by atoms with Gasteiger partial charge in [-0.25, -0.2) is 13.4 Å². The van der Waals surface area contributed by atoms with Crippen LogP contribution in [-0.4, -0.2) is 53.1 Å². The van der Waals surface area contributed by atoms with Gasteiger partial charge < -0.3 is 20.7 Å². The van der Waals surface area contributed by atoms with E-state index in [1.54, 1.807) is 13.2 Å². The fourth-order valence-electron chi connectivity index (χ4n) is 4.58. The fourth-order valence-corrected chi connectivity index (χ4v) is 6.44. The van der Waals surface area contributed by atoms with Crippen molar-refractivity contribution in [3.8, 4) is 5.75 Å². The molecule has 10 nitrogen and oxygen atoms in total. The molecule has 2 aromatic heterocycles. The lowest BCUT2D eigenvalue weighted by atomic mass is 9.90. The van der Waals surface area contributed by atoms with E-state index in [1.165, 1.54) is 16.4 Å². The van der Waals surface area contributed by atoms with Gasteiger partial charge in [0.2, 0.25) is 11.0 Å². The minimum atomic E-state index is -3.60. The number of halogens is 1. The predicted octanol–water partition coefficient (Wildman–Crippen LogP) is 4.79. The minimum absolute atomic E-state index is 0.0137. The summed E-state index contributed by atoms with van der Waals surface area (Å²) in [6, 6.07) is 6.28. The maximum Gasteiger partial charge on any atom is 0.229 e. The number of aromatic nitrogens is 4. The zero-order valence-electron chi connectivity index (χ0n) is 21.9. The van der Waals surface area contributed by atoms with Crippen molar-refractivity contribution in [1.82, 2.24) is 25.1 Å². The topological polar surface area (TPSA) is 123 Å². The molecule has 3 aromatic rings. The van der Waals surface area contributed by atoms with Gasteiger partial charge in [0.05, 0.1) is 29.4 Å². The van der Waals surface area contributed by atoms with Crippen molar-refractivity contribution >= 4 is 44.6 Å². The van der Waals surface area contributed by atoms with Gasteiger partial charge >= 0.3 is 0 Å². The van der Waals surface area contributed by atoms with Crippen molar-refractivity contribution in [2.45, 2.75) is 56.6 Å². The van der Waals surface area contributed by atoms with E-state index in [0.29, 0.717) is 17.6 Å². The first-order chi connectivity index (χ1) is 18.2. The van der Waals surface area contributed by atoms with Crippen molar-refractivity contribution in [2.24, 2.45) is 13.0 Å². The molecule has 2 fully saturated rings. The van der Waals surface area contributed by atoms with Crippen molar-refractivity contribution in [1.29, 1.82) is 0 Å². The third-order valence-electron chi connectivity index (χ3n) is 6.52. The van der Waals surface area contributed by atoms with E-state index in [0.717, 1.165) is 50.2 Å². The highest BCUT2D eigenvalue weighted by Gasteiger charge is 2.27. The summed E-state index contributed by atoms with van der Waals surface area (Å²) in [4.78, 5) is 8.89. The second-order valence-corrected chi connectivity index (χ2v) is 12.8. The average molecular weight is 560 g/mol. The van der Waals surface area contributed by atoms with Gasteiger partial charge in [-0.05, 0) is 68.3 Å². The van der Waals surface area contributed by atoms with Crippen LogP contribution in [0.1, 0.15) is 51.0 Å². The first-order valence-electron chi connectivity index (χ1n) is 13.0. The third kappa shape index (κ3) is 6.39. The fraction of sp³-hybridized carbons (Fsp3) is 0.500. The summed E-state index contributed by atoms with van der Waals surface area (Å²) in [5, 5.41) is 14.1. The molecule has 204 valence electrons. The highest BCUT2D eigenvalue weighted by molar-refractivity contribution is 7.91. The number of hydrogen-bond donors (Lipinski definition) is 3. The van der Waals surface area contributed by atoms with E-state index in [1.807, 2.05) is 19.9 Å². The van der Waals surface area contributed by atoms with E-state index in [2.05, 4.69) is 43.1 Å². The monoisotopic (exact) mass is 559 g/mol. The zero-order chi connectivity index (χ0) is 26.9. The number of nitrogens with zero attached hydrogens (tertiary/aromatic N) is 4. The number of ether oxygens (including phenoxy) is 1. The molecule has 1 aromatic carbocycles. The van der Waals surface area contributed by atoms with Gasteiger partial charge in [-0.1, -0.05) is 31.5 Å². The molecular formula is C26H34ClN7O3S. The summed E-state index contributed by atoms with van der Waals surface area (Å²) in [7, 11) is -1.93. The molecule has 1 aliphatic carbocycles. The van der Waals surface area contributed by atoms with Gasteiger partial charge in [-0.2, -0.15) is 10.1 Å². The molecule has 3 heterocycles. The maximum atomic E-state index is 12.9. The third-order valence-corrected chi connectivity index (χ3v) is 8.79. The molecule has 1 saturated carbocycles. The largest absolute Gasteiger partial charge is 0.488 e. The summed E-state index contributed by atoms with van der Waals surface area (Å²) in [6.07, 6.45) is 7.62. The Morgan fingerprint density at radius 3 is 2.63 bits per heavy atom. The van der Waals surface area contributed by atoms with Crippen LogP contribution >= 0.6 is 11.6 Å². The number of sulfone groups is 1. The van der Waals surface area contributed by atoms with Gasteiger partial charge in [0.25, 0.3) is 0 Å². The average Bonchev–Trinajstić information content (AvgIpc) is 3.61. The Morgan fingerprint density at radius 2 is 1.92 bits per heavy atom. The lowest BCUT2D eigenvalue weighted by molar-refractivity contribution is 0.304. The Bertz CT molecular complexity index is 1400. The Kier molecular flexibility index (Phi) is 7.78. The Balaban J connectivity index is 1.40. The van der Waals surface area contributed by atoms with Gasteiger partial charge in [0.15, 0.2) is 15.7 Å². The van der Waals surface area contributed by atoms with Crippen molar-refractivity contribution in [3.05, 3.63) is 41.2 Å². The summed E-state index contributed by atoms with van der Waals surface area (Å²) >= 11 is 6.40. The number of anilines is 4. The number of hydrogen-bond acceptors (Lipinski definition) is 9. The summed E-state index contributed by atoms with van der Waals surface area (Å²) in [5.74, 6) is 1.82. The SMILES string of the molecule is CC(C)CS(=O)(=O)c1nn(C)cc1Nc1nc(Nc2ccc(C3CCNCC3)cc2OC2CC2)ncc1Cl. The number of piperidine rings is 1. The van der Waals surface area contributed by atoms with E-state index in [9.17, 15) is 8.42 Å². The zero-order valence-corrected chi connectivity index (χ0v) is 23.4.